The summed E-state index contributed by atoms with van der Waals surface area (Å²) in [7, 11) is 1.96. The van der Waals surface area contributed by atoms with Crippen LogP contribution in [0, 0.1) is 6.92 Å². The largest absolute Gasteiger partial charge is 0.334 e. The highest BCUT2D eigenvalue weighted by molar-refractivity contribution is 5.07. The predicted octanol–water partition coefficient (Wildman–Crippen LogP) is 1.19. The zero-order valence-corrected chi connectivity index (χ0v) is 10.6. The van der Waals surface area contributed by atoms with Crippen LogP contribution in [0.15, 0.2) is 18.5 Å². The average molecular weight is 233 g/mol. The van der Waals surface area contributed by atoms with E-state index in [2.05, 4.69) is 14.6 Å². The van der Waals surface area contributed by atoms with Crippen molar-refractivity contribution in [3.8, 4) is 0 Å². The Morgan fingerprint density at radius 1 is 1.47 bits per heavy atom. The molecule has 2 aromatic rings. The first-order valence-corrected chi connectivity index (χ1v) is 5.84. The minimum atomic E-state index is -0.00773. The normalized spacial score (nSPS) is 12.9. The van der Waals surface area contributed by atoms with Gasteiger partial charge in [-0.25, -0.2) is 4.98 Å². The van der Waals surface area contributed by atoms with Crippen molar-refractivity contribution in [3.63, 3.8) is 0 Å². The Hall–Kier alpha value is -1.62. The smallest absolute Gasteiger partial charge is 0.105 e. The van der Waals surface area contributed by atoms with Crippen LogP contribution in [0.5, 0.6) is 0 Å². The highest BCUT2D eigenvalue weighted by Crippen LogP contribution is 2.10. The predicted molar refractivity (Wildman–Crippen MR) is 66.5 cm³/mol. The summed E-state index contributed by atoms with van der Waals surface area (Å²) in [5.41, 5.74) is 7.99. The van der Waals surface area contributed by atoms with Gasteiger partial charge in [0.1, 0.15) is 5.82 Å². The standard InChI is InChI=1S/C12H19N5/c1-9(13)12-8-17(10(2)15-12)7-5-11-4-6-14-16(11)3/h4,6,8-9H,5,7,13H2,1-3H3/t9-/m0/s1. The molecule has 0 aromatic carbocycles. The second-order valence-corrected chi connectivity index (χ2v) is 4.39. The molecule has 2 rings (SSSR count). The Bertz CT molecular complexity index is 495. The molecule has 0 amide bonds. The van der Waals surface area contributed by atoms with Gasteiger partial charge in [0.25, 0.3) is 0 Å². The summed E-state index contributed by atoms with van der Waals surface area (Å²) in [6, 6.07) is 2.03. The third kappa shape index (κ3) is 2.55. The topological polar surface area (TPSA) is 61.7 Å². The third-order valence-corrected chi connectivity index (χ3v) is 2.99. The second kappa shape index (κ2) is 4.71. The van der Waals surface area contributed by atoms with E-state index in [4.69, 9.17) is 5.73 Å². The lowest BCUT2D eigenvalue weighted by Gasteiger charge is -2.05. The summed E-state index contributed by atoms with van der Waals surface area (Å²) >= 11 is 0. The minimum absolute atomic E-state index is 0.00773. The van der Waals surface area contributed by atoms with Crippen molar-refractivity contribution in [2.45, 2.75) is 32.9 Å². The third-order valence-electron chi connectivity index (χ3n) is 2.99. The van der Waals surface area contributed by atoms with Gasteiger partial charge in [-0.1, -0.05) is 0 Å². The van der Waals surface area contributed by atoms with Gasteiger partial charge in [-0.3, -0.25) is 4.68 Å². The molecule has 0 saturated carbocycles. The van der Waals surface area contributed by atoms with Crippen molar-refractivity contribution in [2.24, 2.45) is 12.8 Å². The number of aromatic nitrogens is 4. The Balaban J connectivity index is 2.06. The molecule has 0 radical (unpaired) electrons. The lowest BCUT2D eigenvalue weighted by atomic mass is 10.3. The quantitative estimate of drug-likeness (QED) is 0.862. The van der Waals surface area contributed by atoms with Crippen molar-refractivity contribution < 1.29 is 0 Å². The Labute approximate surface area is 101 Å². The lowest BCUT2D eigenvalue weighted by Crippen LogP contribution is -2.06. The van der Waals surface area contributed by atoms with Crippen molar-refractivity contribution in [1.29, 1.82) is 0 Å². The monoisotopic (exact) mass is 233 g/mol. The molecule has 0 fully saturated rings. The molecule has 0 aliphatic carbocycles. The Morgan fingerprint density at radius 2 is 2.24 bits per heavy atom. The van der Waals surface area contributed by atoms with E-state index in [1.54, 1.807) is 0 Å². The van der Waals surface area contributed by atoms with Crippen LogP contribution < -0.4 is 5.73 Å². The summed E-state index contributed by atoms with van der Waals surface area (Å²) in [5.74, 6) is 1.01. The van der Waals surface area contributed by atoms with Gasteiger partial charge in [-0.15, -0.1) is 0 Å². The molecule has 2 N–H and O–H groups in total. The summed E-state index contributed by atoms with van der Waals surface area (Å²) in [6.45, 7) is 4.87. The number of hydrogen-bond acceptors (Lipinski definition) is 3. The number of rotatable bonds is 4. The highest BCUT2D eigenvalue weighted by Gasteiger charge is 2.08. The molecule has 0 unspecified atom stereocenters. The number of nitrogens with zero attached hydrogens (tertiary/aromatic N) is 4. The molecule has 2 aromatic heterocycles. The van der Waals surface area contributed by atoms with E-state index in [0.29, 0.717) is 0 Å². The van der Waals surface area contributed by atoms with E-state index < -0.39 is 0 Å². The van der Waals surface area contributed by atoms with Crippen LogP contribution in [0.4, 0.5) is 0 Å². The van der Waals surface area contributed by atoms with Gasteiger partial charge in [-0.05, 0) is 19.9 Å². The zero-order chi connectivity index (χ0) is 12.4. The van der Waals surface area contributed by atoms with Crippen LogP contribution in [0.1, 0.15) is 30.2 Å². The average Bonchev–Trinajstić information content (AvgIpc) is 2.82. The van der Waals surface area contributed by atoms with Crippen molar-refractivity contribution in [2.75, 3.05) is 0 Å². The zero-order valence-electron chi connectivity index (χ0n) is 10.6. The fraction of sp³-hybridized carbons (Fsp3) is 0.500. The summed E-state index contributed by atoms with van der Waals surface area (Å²) in [6.07, 6.45) is 4.81. The molecule has 0 spiro atoms. The first-order chi connectivity index (χ1) is 8.08. The van der Waals surface area contributed by atoms with Crippen molar-refractivity contribution >= 4 is 0 Å². The van der Waals surface area contributed by atoms with Gasteiger partial charge >= 0.3 is 0 Å². The maximum atomic E-state index is 5.82. The number of hydrogen-bond donors (Lipinski definition) is 1. The second-order valence-electron chi connectivity index (χ2n) is 4.39. The molecule has 0 aliphatic heterocycles. The van der Waals surface area contributed by atoms with E-state index in [1.165, 1.54) is 5.69 Å². The molecule has 92 valence electrons. The highest BCUT2D eigenvalue weighted by atomic mass is 15.3. The van der Waals surface area contributed by atoms with Gasteiger partial charge in [-0.2, -0.15) is 5.10 Å². The van der Waals surface area contributed by atoms with Crippen LogP contribution in [-0.2, 0) is 20.0 Å². The van der Waals surface area contributed by atoms with E-state index in [9.17, 15) is 0 Å². The molecule has 5 nitrogen and oxygen atoms in total. The molecule has 17 heavy (non-hydrogen) atoms. The Kier molecular flexibility index (Phi) is 3.28. The number of imidazole rings is 1. The SMILES string of the molecule is Cc1nc([C@H](C)N)cn1CCc1ccnn1C. The minimum Gasteiger partial charge on any atom is -0.334 e. The molecule has 0 saturated heterocycles. The van der Waals surface area contributed by atoms with E-state index in [-0.39, 0.29) is 6.04 Å². The molecule has 2 heterocycles. The van der Waals surface area contributed by atoms with Crippen LogP contribution in [0.2, 0.25) is 0 Å². The first kappa shape index (κ1) is 11.9. The molecule has 5 heteroatoms. The number of nitrogens with two attached hydrogens (primary N) is 1. The maximum absolute atomic E-state index is 5.82. The Morgan fingerprint density at radius 3 is 2.76 bits per heavy atom. The summed E-state index contributed by atoms with van der Waals surface area (Å²) in [4.78, 5) is 4.45. The summed E-state index contributed by atoms with van der Waals surface area (Å²) < 4.78 is 4.05. The van der Waals surface area contributed by atoms with Gasteiger partial charge in [0.2, 0.25) is 0 Å². The lowest BCUT2D eigenvalue weighted by molar-refractivity contribution is 0.624. The van der Waals surface area contributed by atoms with Crippen molar-refractivity contribution in [1.82, 2.24) is 19.3 Å². The van der Waals surface area contributed by atoms with Crippen LogP contribution >= 0.6 is 0 Å². The van der Waals surface area contributed by atoms with E-state index in [0.717, 1.165) is 24.5 Å². The van der Waals surface area contributed by atoms with E-state index in [1.807, 2.05) is 44.0 Å². The van der Waals surface area contributed by atoms with Gasteiger partial charge < -0.3 is 10.3 Å². The van der Waals surface area contributed by atoms with Crippen LogP contribution in [-0.4, -0.2) is 19.3 Å². The molecular weight excluding hydrogens is 214 g/mol. The van der Waals surface area contributed by atoms with E-state index >= 15 is 0 Å². The molecule has 0 bridgehead atoms. The first-order valence-electron chi connectivity index (χ1n) is 5.84. The fourth-order valence-corrected chi connectivity index (χ4v) is 1.86. The summed E-state index contributed by atoms with van der Waals surface area (Å²) in [5, 5.41) is 4.16. The van der Waals surface area contributed by atoms with Gasteiger partial charge in [0.05, 0.1) is 5.69 Å². The maximum Gasteiger partial charge on any atom is 0.105 e. The molecule has 1 atom stereocenters. The van der Waals surface area contributed by atoms with Crippen molar-refractivity contribution in [3.05, 3.63) is 35.7 Å². The van der Waals surface area contributed by atoms with Crippen LogP contribution in [0.3, 0.4) is 0 Å². The fourth-order valence-electron chi connectivity index (χ4n) is 1.86. The van der Waals surface area contributed by atoms with Crippen LogP contribution in [0.25, 0.3) is 0 Å². The van der Waals surface area contributed by atoms with Gasteiger partial charge in [0, 0.05) is 44.1 Å². The number of aryl methyl sites for hydroxylation is 4. The molecular formula is C12H19N5. The van der Waals surface area contributed by atoms with Gasteiger partial charge in [0.15, 0.2) is 0 Å². The molecule has 0 aliphatic rings.